The van der Waals surface area contributed by atoms with Crippen LogP contribution in [0.3, 0.4) is 0 Å². The van der Waals surface area contributed by atoms with Crippen LogP contribution in [0.4, 0.5) is 0 Å². The smallest absolute Gasteiger partial charge is 0.191 e. The summed E-state index contributed by atoms with van der Waals surface area (Å²) in [6.07, 6.45) is 2.57. The molecule has 5 nitrogen and oxygen atoms in total. The Morgan fingerprint density at radius 1 is 1.36 bits per heavy atom. The standard InChI is InChI=1S/C20H34N4O/c1-5-21-20(22-13-17-8-6-10-19(12-17)25-4)23-14-18-9-7-11-24(18)15-16(2)3/h6,8,10,12,16,18H,5,7,9,11,13-15H2,1-4H3,(H2,21,22,23)/t18-/m1/s1. The molecule has 1 fully saturated rings. The van der Waals surface area contributed by atoms with Crippen LogP contribution in [0.1, 0.15) is 39.2 Å². The average Bonchev–Trinajstić information content (AvgIpc) is 3.04. The molecule has 0 unspecified atom stereocenters. The van der Waals surface area contributed by atoms with Crippen LogP contribution in [-0.4, -0.2) is 50.2 Å². The average molecular weight is 347 g/mol. The van der Waals surface area contributed by atoms with E-state index < -0.39 is 0 Å². The highest BCUT2D eigenvalue weighted by atomic mass is 16.5. The van der Waals surface area contributed by atoms with Gasteiger partial charge in [-0.25, -0.2) is 4.99 Å². The zero-order chi connectivity index (χ0) is 18.1. The van der Waals surface area contributed by atoms with Crippen LogP contribution in [0, 0.1) is 5.92 Å². The second-order valence-electron chi connectivity index (χ2n) is 7.11. The van der Waals surface area contributed by atoms with Gasteiger partial charge in [0, 0.05) is 25.7 Å². The third-order valence-electron chi connectivity index (χ3n) is 4.50. The maximum Gasteiger partial charge on any atom is 0.191 e. The van der Waals surface area contributed by atoms with Crippen molar-refractivity contribution >= 4 is 5.96 Å². The van der Waals surface area contributed by atoms with Gasteiger partial charge in [-0.2, -0.15) is 0 Å². The Morgan fingerprint density at radius 2 is 2.20 bits per heavy atom. The Bertz CT molecular complexity index is 544. The van der Waals surface area contributed by atoms with Crippen LogP contribution in [-0.2, 0) is 6.54 Å². The summed E-state index contributed by atoms with van der Waals surface area (Å²) in [4.78, 5) is 7.34. The van der Waals surface area contributed by atoms with E-state index in [-0.39, 0.29) is 0 Å². The summed E-state index contributed by atoms with van der Waals surface area (Å²) in [6.45, 7) is 11.6. The first-order valence-corrected chi connectivity index (χ1v) is 9.51. The van der Waals surface area contributed by atoms with Crippen molar-refractivity contribution in [1.29, 1.82) is 0 Å². The van der Waals surface area contributed by atoms with Crippen LogP contribution in [0.2, 0.25) is 0 Å². The normalized spacial score (nSPS) is 18.6. The van der Waals surface area contributed by atoms with Crippen molar-refractivity contribution in [2.75, 3.05) is 33.3 Å². The van der Waals surface area contributed by atoms with E-state index in [1.165, 1.54) is 25.9 Å². The first-order valence-electron chi connectivity index (χ1n) is 9.51. The molecule has 5 heteroatoms. The number of hydrogen-bond donors (Lipinski definition) is 2. The van der Waals surface area contributed by atoms with E-state index in [1.807, 2.05) is 18.2 Å². The molecule has 2 N–H and O–H groups in total. The van der Waals surface area contributed by atoms with E-state index in [9.17, 15) is 0 Å². The Kier molecular flexibility index (Phi) is 8.06. The first-order chi connectivity index (χ1) is 12.1. The van der Waals surface area contributed by atoms with Crippen LogP contribution in [0.25, 0.3) is 0 Å². The zero-order valence-electron chi connectivity index (χ0n) is 16.2. The van der Waals surface area contributed by atoms with E-state index >= 15 is 0 Å². The summed E-state index contributed by atoms with van der Waals surface area (Å²) < 4.78 is 5.28. The van der Waals surface area contributed by atoms with Gasteiger partial charge in [0.05, 0.1) is 13.7 Å². The fourth-order valence-corrected chi connectivity index (χ4v) is 3.33. The lowest BCUT2D eigenvalue weighted by Crippen LogP contribution is -2.45. The van der Waals surface area contributed by atoms with Crippen molar-refractivity contribution < 1.29 is 4.74 Å². The Hall–Kier alpha value is -1.75. The number of benzene rings is 1. The first kappa shape index (κ1) is 19.6. The monoisotopic (exact) mass is 346 g/mol. The number of likely N-dealkylation sites (tertiary alicyclic amines) is 1. The van der Waals surface area contributed by atoms with Crippen molar-refractivity contribution in [1.82, 2.24) is 15.5 Å². The van der Waals surface area contributed by atoms with Crippen molar-refractivity contribution in [2.24, 2.45) is 10.9 Å². The van der Waals surface area contributed by atoms with Gasteiger partial charge in [0.15, 0.2) is 5.96 Å². The predicted molar refractivity (Wildman–Crippen MR) is 105 cm³/mol. The minimum atomic E-state index is 0.614. The number of guanidine groups is 1. The molecule has 2 rings (SSSR count). The fourth-order valence-electron chi connectivity index (χ4n) is 3.33. The van der Waals surface area contributed by atoms with Crippen molar-refractivity contribution in [2.45, 2.75) is 46.2 Å². The molecule has 1 atom stereocenters. The number of hydrogen-bond acceptors (Lipinski definition) is 3. The van der Waals surface area contributed by atoms with Gasteiger partial charge in [0.1, 0.15) is 5.75 Å². The van der Waals surface area contributed by atoms with Crippen LogP contribution < -0.4 is 15.4 Å². The van der Waals surface area contributed by atoms with Gasteiger partial charge >= 0.3 is 0 Å². The molecule has 0 bridgehead atoms. The molecule has 1 aromatic carbocycles. The summed E-state index contributed by atoms with van der Waals surface area (Å²) in [5.41, 5.74) is 1.15. The summed E-state index contributed by atoms with van der Waals surface area (Å²) in [5.74, 6) is 2.48. The molecule has 0 aliphatic carbocycles. The molecule has 1 saturated heterocycles. The van der Waals surface area contributed by atoms with Crippen molar-refractivity contribution in [3.63, 3.8) is 0 Å². The second kappa shape index (κ2) is 10.3. The molecule has 0 radical (unpaired) electrons. The van der Waals surface area contributed by atoms with Crippen molar-refractivity contribution in [3.05, 3.63) is 29.8 Å². The molecular weight excluding hydrogens is 312 g/mol. The van der Waals surface area contributed by atoms with Gasteiger partial charge < -0.3 is 15.4 Å². The summed E-state index contributed by atoms with van der Waals surface area (Å²) in [7, 11) is 1.69. The number of nitrogens with zero attached hydrogens (tertiary/aromatic N) is 2. The second-order valence-corrected chi connectivity index (χ2v) is 7.11. The largest absolute Gasteiger partial charge is 0.497 e. The lowest BCUT2D eigenvalue weighted by Gasteiger charge is -2.27. The molecule has 140 valence electrons. The minimum absolute atomic E-state index is 0.614. The maximum absolute atomic E-state index is 5.28. The van der Waals surface area contributed by atoms with E-state index in [4.69, 9.17) is 9.73 Å². The fraction of sp³-hybridized carbons (Fsp3) is 0.650. The highest BCUT2D eigenvalue weighted by molar-refractivity contribution is 5.79. The molecule has 25 heavy (non-hydrogen) atoms. The van der Waals surface area contributed by atoms with Gasteiger partial charge in [-0.3, -0.25) is 4.90 Å². The summed E-state index contributed by atoms with van der Waals surface area (Å²) in [5, 5.41) is 6.88. The molecule has 0 aromatic heterocycles. The number of ether oxygens (including phenoxy) is 1. The van der Waals surface area contributed by atoms with E-state index in [0.29, 0.717) is 12.6 Å². The highest BCUT2D eigenvalue weighted by Crippen LogP contribution is 2.18. The van der Waals surface area contributed by atoms with Crippen molar-refractivity contribution in [3.8, 4) is 5.75 Å². The number of methoxy groups -OCH3 is 1. The van der Waals surface area contributed by atoms with E-state index in [1.54, 1.807) is 7.11 Å². The molecule has 1 aromatic rings. The summed E-state index contributed by atoms with van der Waals surface area (Å²) in [6, 6.07) is 8.70. The Labute approximate surface area is 152 Å². The number of nitrogens with one attached hydrogen (secondary N) is 2. The molecule has 1 aliphatic rings. The lowest BCUT2D eigenvalue weighted by atomic mass is 10.1. The molecule has 1 heterocycles. The molecular formula is C20H34N4O. The highest BCUT2D eigenvalue weighted by Gasteiger charge is 2.24. The topological polar surface area (TPSA) is 48.9 Å². The third-order valence-corrected chi connectivity index (χ3v) is 4.50. The Morgan fingerprint density at radius 3 is 2.92 bits per heavy atom. The number of rotatable bonds is 8. The van der Waals surface area contributed by atoms with Crippen LogP contribution in [0.5, 0.6) is 5.75 Å². The lowest BCUT2D eigenvalue weighted by molar-refractivity contribution is 0.226. The van der Waals surface area contributed by atoms with Gasteiger partial charge in [0.2, 0.25) is 0 Å². The van der Waals surface area contributed by atoms with Crippen LogP contribution >= 0.6 is 0 Å². The zero-order valence-corrected chi connectivity index (χ0v) is 16.2. The molecule has 1 aliphatic heterocycles. The molecule has 0 amide bonds. The van der Waals surface area contributed by atoms with Gasteiger partial charge in [0.25, 0.3) is 0 Å². The van der Waals surface area contributed by atoms with Crippen LogP contribution in [0.15, 0.2) is 29.3 Å². The quantitative estimate of drug-likeness (QED) is 0.561. The van der Waals surface area contributed by atoms with Gasteiger partial charge in [-0.1, -0.05) is 26.0 Å². The number of aliphatic imine (C=N–C) groups is 1. The minimum Gasteiger partial charge on any atom is -0.497 e. The van der Waals surface area contributed by atoms with E-state index in [2.05, 4.69) is 42.4 Å². The van der Waals surface area contributed by atoms with Gasteiger partial charge in [-0.15, -0.1) is 0 Å². The molecule has 0 spiro atoms. The molecule has 0 saturated carbocycles. The predicted octanol–water partition coefficient (Wildman–Crippen LogP) is 2.87. The summed E-state index contributed by atoms with van der Waals surface area (Å²) >= 11 is 0. The Balaban J connectivity index is 1.90. The van der Waals surface area contributed by atoms with Gasteiger partial charge in [-0.05, 0) is 49.9 Å². The maximum atomic E-state index is 5.28. The SMILES string of the molecule is CCNC(=NCc1cccc(OC)c1)NC[C@H]1CCCN1CC(C)C. The van der Waals surface area contributed by atoms with E-state index in [0.717, 1.165) is 36.3 Å². The third kappa shape index (κ3) is 6.58.